The fourth-order valence-corrected chi connectivity index (χ4v) is 1.90. The van der Waals surface area contributed by atoms with Crippen molar-refractivity contribution >= 4 is 24.1 Å². The van der Waals surface area contributed by atoms with Crippen LogP contribution in [0.3, 0.4) is 0 Å². The summed E-state index contributed by atoms with van der Waals surface area (Å²) in [7, 11) is 0. The zero-order valence-corrected chi connectivity index (χ0v) is 13.6. The number of rotatable bonds is 6. The fourth-order valence-electron chi connectivity index (χ4n) is 1.90. The van der Waals surface area contributed by atoms with Crippen LogP contribution < -0.4 is 0 Å². The van der Waals surface area contributed by atoms with Crippen LogP contribution in [0.25, 0.3) is 12.2 Å². The van der Waals surface area contributed by atoms with Gasteiger partial charge in [-0.25, -0.2) is 9.59 Å². The number of hydrogen-bond donors (Lipinski definition) is 0. The minimum atomic E-state index is -0.709. The first kappa shape index (κ1) is 17.9. The van der Waals surface area contributed by atoms with Crippen molar-refractivity contribution in [2.45, 2.75) is 0 Å². The summed E-state index contributed by atoms with van der Waals surface area (Å²) in [6.45, 7) is 0. The molecule has 3 nitrogen and oxygen atoms in total. The summed E-state index contributed by atoms with van der Waals surface area (Å²) in [5.74, 6) is -1.42. The minimum Gasteiger partial charge on any atom is -0.387 e. The van der Waals surface area contributed by atoms with Crippen molar-refractivity contribution in [3.05, 3.63) is 108 Å². The van der Waals surface area contributed by atoms with Crippen LogP contribution in [0.1, 0.15) is 11.1 Å². The highest BCUT2D eigenvalue weighted by molar-refractivity contribution is 5.96. The second-order valence-electron chi connectivity index (χ2n) is 5.00. The summed E-state index contributed by atoms with van der Waals surface area (Å²) in [5.41, 5.74) is 2.04. The molecule has 0 spiro atoms. The average Bonchev–Trinajstić information content (AvgIpc) is 2.64. The van der Waals surface area contributed by atoms with Crippen molar-refractivity contribution in [3.8, 4) is 0 Å². The molecule has 0 aliphatic rings. The van der Waals surface area contributed by atoms with E-state index < -0.39 is 11.9 Å². The van der Waals surface area contributed by atoms with Crippen molar-refractivity contribution in [2.24, 2.45) is 0 Å². The van der Waals surface area contributed by atoms with Gasteiger partial charge in [-0.15, -0.1) is 0 Å². The largest absolute Gasteiger partial charge is 0.387 e. The van der Waals surface area contributed by atoms with E-state index in [1.807, 2.05) is 72.8 Å². The lowest BCUT2D eigenvalue weighted by molar-refractivity contribution is -0.152. The van der Waals surface area contributed by atoms with Crippen LogP contribution in [0.2, 0.25) is 0 Å². The molecule has 3 heteroatoms. The summed E-state index contributed by atoms with van der Waals surface area (Å²) in [6, 6.07) is 19.3. The SMILES string of the molecule is O=C(C=CC=Cc1ccccc1)OC(=O)C=CC=Cc1ccccc1. The van der Waals surface area contributed by atoms with Gasteiger partial charge in [-0.3, -0.25) is 0 Å². The third kappa shape index (κ3) is 7.57. The van der Waals surface area contributed by atoms with Crippen LogP contribution in [-0.2, 0) is 14.3 Å². The highest BCUT2D eigenvalue weighted by Gasteiger charge is 2.01. The smallest absolute Gasteiger partial charge is 0.338 e. The highest BCUT2D eigenvalue weighted by Crippen LogP contribution is 2.02. The summed E-state index contributed by atoms with van der Waals surface area (Å²) in [4.78, 5) is 23.0. The molecule has 124 valence electrons. The minimum absolute atomic E-state index is 0.709. The maximum atomic E-state index is 11.5. The summed E-state index contributed by atoms with van der Waals surface area (Å²) in [5, 5.41) is 0. The zero-order valence-electron chi connectivity index (χ0n) is 13.6. The molecule has 0 bridgehead atoms. The Balaban J connectivity index is 1.75. The number of hydrogen-bond acceptors (Lipinski definition) is 3. The van der Waals surface area contributed by atoms with Crippen molar-refractivity contribution in [3.63, 3.8) is 0 Å². The van der Waals surface area contributed by atoms with E-state index in [1.165, 1.54) is 24.3 Å². The van der Waals surface area contributed by atoms with E-state index in [9.17, 15) is 9.59 Å². The Morgan fingerprint density at radius 2 is 1.00 bits per heavy atom. The summed E-state index contributed by atoms with van der Waals surface area (Å²) < 4.78 is 4.64. The topological polar surface area (TPSA) is 43.4 Å². The van der Waals surface area contributed by atoms with Gasteiger partial charge in [-0.1, -0.05) is 97.1 Å². The lowest BCUT2D eigenvalue weighted by atomic mass is 10.2. The third-order valence-electron chi connectivity index (χ3n) is 3.06. The van der Waals surface area contributed by atoms with E-state index in [1.54, 1.807) is 12.2 Å². The van der Waals surface area contributed by atoms with Gasteiger partial charge in [0.15, 0.2) is 0 Å². The molecule has 0 N–H and O–H groups in total. The molecule has 0 aromatic heterocycles. The Hall–Kier alpha value is -3.46. The van der Waals surface area contributed by atoms with Crippen LogP contribution in [0.15, 0.2) is 97.1 Å². The molecule has 0 aliphatic carbocycles. The number of allylic oxidation sites excluding steroid dienone is 4. The Bertz CT molecular complexity index is 728. The van der Waals surface area contributed by atoms with Gasteiger partial charge in [0.25, 0.3) is 0 Å². The number of benzene rings is 2. The number of esters is 2. The molecule has 2 aromatic rings. The standard InChI is InChI=1S/C22H18O3/c23-21(17-9-7-15-19-11-3-1-4-12-19)25-22(24)18-10-8-16-20-13-5-2-6-14-20/h1-18H. The molecule has 0 atom stereocenters. The van der Waals surface area contributed by atoms with E-state index in [4.69, 9.17) is 0 Å². The second-order valence-corrected chi connectivity index (χ2v) is 5.00. The number of carbonyl (C=O) groups excluding carboxylic acids is 2. The molecular weight excluding hydrogens is 312 g/mol. The molecule has 0 saturated carbocycles. The number of ether oxygens (including phenoxy) is 1. The van der Waals surface area contributed by atoms with Crippen LogP contribution in [0.4, 0.5) is 0 Å². The average molecular weight is 330 g/mol. The lowest BCUT2D eigenvalue weighted by Crippen LogP contribution is -2.06. The molecular formula is C22H18O3. The van der Waals surface area contributed by atoms with Crippen LogP contribution >= 0.6 is 0 Å². The number of carbonyl (C=O) groups is 2. The predicted octanol–water partition coefficient (Wildman–Crippen LogP) is 4.60. The van der Waals surface area contributed by atoms with Gasteiger partial charge in [0.05, 0.1) is 0 Å². The van der Waals surface area contributed by atoms with E-state index in [-0.39, 0.29) is 0 Å². The lowest BCUT2D eigenvalue weighted by Gasteiger charge is -1.93. The van der Waals surface area contributed by atoms with Crippen LogP contribution in [0.5, 0.6) is 0 Å². The molecule has 0 aliphatic heterocycles. The van der Waals surface area contributed by atoms with Gasteiger partial charge in [0, 0.05) is 12.2 Å². The zero-order chi connectivity index (χ0) is 17.7. The summed E-state index contributed by atoms with van der Waals surface area (Å²) >= 11 is 0. The van der Waals surface area contributed by atoms with Gasteiger partial charge in [-0.05, 0) is 11.1 Å². The van der Waals surface area contributed by atoms with Crippen molar-refractivity contribution in [2.75, 3.05) is 0 Å². The molecule has 25 heavy (non-hydrogen) atoms. The molecule has 0 unspecified atom stereocenters. The highest BCUT2D eigenvalue weighted by atomic mass is 16.6. The van der Waals surface area contributed by atoms with Gasteiger partial charge in [0.1, 0.15) is 0 Å². The predicted molar refractivity (Wildman–Crippen MR) is 100 cm³/mol. The molecule has 0 heterocycles. The third-order valence-corrected chi connectivity index (χ3v) is 3.06. The van der Waals surface area contributed by atoms with Gasteiger partial charge >= 0.3 is 11.9 Å². The van der Waals surface area contributed by atoms with E-state index in [2.05, 4.69) is 4.74 Å². The molecule has 0 fully saturated rings. The molecule has 0 radical (unpaired) electrons. The van der Waals surface area contributed by atoms with E-state index in [0.29, 0.717) is 0 Å². The molecule has 0 amide bonds. The monoisotopic (exact) mass is 330 g/mol. The van der Waals surface area contributed by atoms with Crippen molar-refractivity contribution < 1.29 is 14.3 Å². The Morgan fingerprint density at radius 1 is 0.600 bits per heavy atom. The quantitative estimate of drug-likeness (QED) is 0.337. The van der Waals surface area contributed by atoms with Crippen molar-refractivity contribution in [1.29, 1.82) is 0 Å². The van der Waals surface area contributed by atoms with E-state index >= 15 is 0 Å². The Labute approximate surface area is 147 Å². The van der Waals surface area contributed by atoms with Crippen molar-refractivity contribution in [1.82, 2.24) is 0 Å². The molecule has 2 aromatic carbocycles. The Morgan fingerprint density at radius 3 is 1.40 bits per heavy atom. The fraction of sp³-hybridized carbons (Fsp3) is 0. The van der Waals surface area contributed by atoms with Gasteiger partial charge in [0.2, 0.25) is 0 Å². The normalized spacial score (nSPS) is 11.7. The maximum absolute atomic E-state index is 11.5. The Kier molecular flexibility index (Phi) is 7.40. The molecule has 0 saturated heterocycles. The van der Waals surface area contributed by atoms with Gasteiger partial charge < -0.3 is 4.74 Å². The summed E-state index contributed by atoms with van der Waals surface area (Å²) in [6.07, 6.45) is 12.6. The second kappa shape index (κ2) is 10.3. The maximum Gasteiger partial charge on any atom is 0.338 e. The van der Waals surface area contributed by atoms with Crippen LogP contribution in [0, 0.1) is 0 Å². The first-order chi connectivity index (χ1) is 12.2. The van der Waals surface area contributed by atoms with Crippen LogP contribution in [-0.4, -0.2) is 11.9 Å². The van der Waals surface area contributed by atoms with Gasteiger partial charge in [-0.2, -0.15) is 0 Å². The first-order valence-electron chi connectivity index (χ1n) is 7.79. The van der Waals surface area contributed by atoms with E-state index in [0.717, 1.165) is 11.1 Å². The molecule has 2 rings (SSSR count). The first-order valence-corrected chi connectivity index (χ1v) is 7.79.